The number of aliphatic hydroxyl groups excluding tert-OH is 1. The molecule has 0 bridgehead atoms. The zero-order valence-corrected chi connectivity index (χ0v) is 10.6. The molecule has 0 spiro atoms. The summed E-state index contributed by atoms with van der Waals surface area (Å²) >= 11 is 7.50. The van der Waals surface area contributed by atoms with E-state index in [1.165, 1.54) is 4.88 Å². The molecule has 0 aliphatic heterocycles. The molecule has 1 atom stereocenters. The van der Waals surface area contributed by atoms with Crippen molar-refractivity contribution in [2.75, 3.05) is 13.2 Å². The molecule has 0 fully saturated rings. The van der Waals surface area contributed by atoms with E-state index in [2.05, 4.69) is 12.2 Å². The van der Waals surface area contributed by atoms with Gasteiger partial charge in [-0.25, -0.2) is 0 Å². The molecule has 0 aliphatic rings. The van der Waals surface area contributed by atoms with Crippen LogP contribution in [-0.4, -0.2) is 18.3 Å². The highest BCUT2D eigenvalue weighted by Crippen LogP contribution is 2.18. The van der Waals surface area contributed by atoms with Gasteiger partial charge in [0.2, 0.25) is 0 Å². The fourth-order valence-electron chi connectivity index (χ4n) is 1.32. The second-order valence-corrected chi connectivity index (χ2v) is 5.27. The highest BCUT2D eigenvalue weighted by molar-refractivity contribution is 7.10. The Kier molecular flexibility index (Phi) is 6.25. The van der Waals surface area contributed by atoms with Gasteiger partial charge in [-0.1, -0.05) is 18.5 Å². The van der Waals surface area contributed by atoms with Crippen LogP contribution in [0.1, 0.15) is 24.6 Å². The van der Waals surface area contributed by atoms with Crippen LogP contribution in [0.4, 0.5) is 0 Å². The molecule has 0 radical (unpaired) electrons. The predicted molar refractivity (Wildman–Crippen MR) is 66.5 cm³/mol. The van der Waals surface area contributed by atoms with Crippen LogP contribution in [0.25, 0.3) is 0 Å². The van der Waals surface area contributed by atoms with Crippen LogP contribution in [0.5, 0.6) is 0 Å². The van der Waals surface area contributed by atoms with E-state index in [1.807, 2.05) is 11.4 Å². The first kappa shape index (κ1) is 13.0. The number of hydrogen-bond acceptors (Lipinski definition) is 3. The molecule has 0 saturated carbocycles. The Labute approximate surface area is 100 Å². The molecular weight excluding hydrogens is 230 g/mol. The minimum Gasteiger partial charge on any atom is -0.396 e. The van der Waals surface area contributed by atoms with Crippen LogP contribution in [0, 0.1) is 5.92 Å². The predicted octanol–water partition coefficient (Wildman–Crippen LogP) is 2.90. The lowest BCUT2D eigenvalue weighted by Crippen LogP contribution is -2.15. The molecule has 1 unspecified atom stereocenters. The van der Waals surface area contributed by atoms with Crippen LogP contribution >= 0.6 is 22.9 Å². The van der Waals surface area contributed by atoms with Gasteiger partial charge < -0.3 is 10.4 Å². The molecule has 15 heavy (non-hydrogen) atoms. The first-order chi connectivity index (χ1) is 7.22. The molecule has 0 aliphatic carbocycles. The number of aliphatic hydroxyl groups is 1. The number of rotatable bonds is 7. The molecular formula is C11H18ClNOS. The van der Waals surface area contributed by atoms with Crippen molar-refractivity contribution in [1.29, 1.82) is 0 Å². The summed E-state index contributed by atoms with van der Waals surface area (Å²) in [4.78, 5) is 1.27. The van der Waals surface area contributed by atoms with Gasteiger partial charge >= 0.3 is 0 Å². The third-order valence-corrected chi connectivity index (χ3v) is 3.57. The van der Waals surface area contributed by atoms with E-state index in [0.717, 1.165) is 31.0 Å². The van der Waals surface area contributed by atoms with Crippen LogP contribution in [-0.2, 0) is 6.54 Å². The maximum atomic E-state index is 8.84. The molecule has 1 rings (SSSR count). The normalized spacial score (nSPS) is 13.0. The minimum atomic E-state index is 0.292. The average molecular weight is 248 g/mol. The van der Waals surface area contributed by atoms with Crippen molar-refractivity contribution in [3.05, 3.63) is 21.3 Å². The van der Waals surface area contributed by atoms with Crippen LogP contribution in [0.3, 0.4) is 0 Å². The molecule has 4 heteroatoms. The van der Waals surface area contributed by atoms with Gasteiger partial charge in [0.25, 0.3) is 0 Å². The molecule has 86 valence electrons. The highest BCUT2D eigenvalue weighted by atomic mass is 35.5. The highest BCUT2D eigenvalue weighted by Gasteiger charge is 2.00. The lowest BCUT2D eigenvalue weighted by Gasteiger charge is -2.07. The third kappa shape index (κ3) is 5.52. The Bertz CT molecular complexity index is 277. The quantitative estimate of drug-likeness (QED) is 0.727. The van der Waals surface area contributed by atoms with Crippen molar-refractivity contribution in [3.63, 3.8) is 0 Å². The van der Waals surface area contributed by atoms with Gasteiger partial charge in [0.05, 0.1) is 5.02 Å². The molecule has 0 aromatic carbocycles. The molecule has 1 aromatic rings. The van der Waals surface area contributed by atoms with E-state index in [4.69, 9.17) is 16.7 Å². The summed E-state index contributed by atoms with van der Waals surface area (Å²) in [5.74, 6) is 0.419. The van der Waals surface area contributed by atoms with Crippen molar-refractivity contribution in [2.24, 2.45) is 5.92 Å². The standard InChI is InChI=1S/C11H18ClNOS/c1-9(7-14)3-2-4-13-6-11-5-10(12)8-15-11/h5,8-9,13-14H,2-4,6-7H2,1H3. The van der Waals surface area contributed by atoms with E-state index in [0.29, 0.717) is 12.5 Å². The zero-order chi connectivity index (χ0) is 11.1. The Morgan fingerprint density at radius 3 is 3.00 bits per heavy atom. The topological polar surface area (TPSA) is 32.3 Å². The Morgan fingerprint density at radius 1 is 1.60 bits per heavy atom. The summed E-state index contributed by atoms with van der Waals surface area (Å²) in [7, 11) is 0. The summed E-state index contributed by atoms with van der Waals surface area (Å²) in [5, 5.41) is 15.0. The van der Waals surface area contributed by atoms with Gasteiger partial charge in [0.1, 0.15) is 0 Å². The van der Waals surface area contributed by atoms with Gasteiger partial charge in [-0.3, -0.25) is 0 Å². The molecule has 2 N–H and O–H groups in total. The van der Waals surface area contributed by atoms with Crippen molar-refractivity contribution in [3.8, 4) is 0 Å². The molecule has 0 amide bonds. The van der Waals surface area contributed by atoms with E-state index < -0.39 is 0 Å². The monoisotopic (exact) mass is 247 g/mol. The van der Waals surface area contributed by atoms with Crippen LogP contribution in [0.2, 0.25) is 5.02 Å². The average Bonchev–Trinajstić information content (AvgIpc) is 2.63. The fraction of sp³-hybridized carbons (Fsp3) is 0.636. The van der Waals surface area contributed by atoms with Gasteiger partial charge in [-0.15, -0.1) is 11.3 Å². The molecule has 2 nitrogen and oxygen atoms in total. The zero-order valence-electron chi connectivity index (χ0n) is 9.00. The summed E-state index contributed by atoms with van der Waals surface area (Å²) < 4.78 is 0. The number of thiophene rings is 1. The lowest BCUT2D eigenvalue weighted by atomic mass is 10.1. The Hall–Kier alpha value is -0.0900. The number of nitrogens with one attached hydrogen (secondary N) is 1. The van der Waals surface area contributed by atoms with Crippen molar-refractivity contribution < 1.29 is 5.11 Å². The summed E-state index contributed by atoms with van der Waals surface area (Å²) in [6, 6.07) is 2.00. The van der Waals surface area contributed by atoms with E-state index in [-0.39, 0.29) is 0 Å². The Morgan fingerprint density at radius 2 is 2.40 bits per heavy atom. The maximum Gasteiger partial charge on any atom is 0.0516 e. The minimum absolute atomic E-state index is 0.292. The maximum absolute atomic E-state index is 8.84. The van der Waals surface area contributed by atoms with Crippen molar-refractivity contribution >= 4 is 22.9 Å². The Balaban J connectivity index is 2.02. The second kappa shape index (κ2) is 7.23. The second-order valence-electron chi connectivity index (χ2n) is 3.84. The SMILES string of the molecule is CC(CO)CCCNCc1cc(Cl)cs1. The lowest BCUT2D eigenvalue weighted by molar-refractivity contribution is 0.228. The van der Waals surface area contributed by atoms with Crippen LogP contribution < -0.4 is 5.32 Å². The summed E-state index contributed by atoms with van der Waals surface area (Å²) in [6.07, 6.45) is 2.19. The first-order valence-corrected chi connectivity index (χ1v) is 6.52. The smallest absolute Gasteiger partial charge is 0.0516 e. The summed E-state index contributed by atoms with van der Waals surface area (Å²) in [5.41, 5.74) is 0. The van der Waals surface area contributed by atoms with Gasteiger partial charge in [-0.05, 0) is 31.4 Å². The number of hydrogen-bond donors (Lipinski definition) is 2. The van der Waals surface area contributed by atoms with Gasteiger partial charge in [0.15, 0.2) is 0 Å². The van der Waals surface area contributed by atoms with Crippen molar-refractivity contribution in [1.82, 2.24) is 5.32 Å². The van der Waals surface area contributed by atoms with Gasteiger partial charge in [0, 0.05) is 23.4 Å². The van der Waals surface area contributed by atoms with E-state index in [1.54, 1.807) is 11.3 Å². The van der Waals surface area contributed by atoms with Crippen molar-refractivity contribution in [2.45, 2.75) is 26.3 Å². The summed E-state index contributed by atoms with van der Waals surface area (Å²) in [6.45, 7) is 4.25. The van der Waals surface area contributed by atoms with E-state index >= 15 is 0 Å². The largest absolute Gasteiger partial charge is 0.396 e. The molecule has 1 aromatic heterocycles. The van der Waals surface area contributed by atoms with E-state index in [9.17, 15) is 0 Å². The first-order valence-electron chi connectivity index (χ1n) is 5.27. The molecule has 0 saturated heterocycles. The number of halogens is 1. The van der Waals surface area contributed by atoms with Gasteiger partial charge in [-0.2, -0.15) is 0 Å². The molecule has 1 heterocycles. The fourth-order valence-corrected chi connectivity index (χ4v) is 2.37. The van der Waals surface area contributed by atoms with Crippen LogP contribution in [0.15, 0.2) is 11.4 Å². The third-order valence-electron chi connectivity index (χ3n) is 2.28.